The van der Waals surface area contributed by atoms with E-state index in [-0.39, 0.29) is 91.0 Å². The molecule has 0 aliphatic heterocycles. The zero-order valence-electron chi connectivity index (χ0n) is 71.0. The molecule has 3 aromatic heterocycles. The number of nitrogens with zero attached hydrogens (tertiary/aromatic N) is 6. The van der Waals surface area contributed by atoms with E-state index in [9.17, 15) is 58.5 Å². The van der Waals surface area contributed by atoms with Crippen LogP contribution in [0.3, 0.4) is 0 Å². The van der Waals surface area contributed by atoms with E-state index in [1.54, 1.807) is 59.5 Å². The Bertz CT molecular complexity index is 5650. The smallest absolute Gasteiger partial charge is 0.262 e. The number of hydrogen-bond acceptors (Lipinski definition) is 15. The van der Waals surface area contributed by atoms with Gasteiger partial charge >= 0.3 is 0 Å². The Morgan fingerprint density at radius 2 is 0.642 bits per heavy atom. The van der Waals surface area contributed by atoms with E-state index in [2.05, 4.69) is 98.0 Å². The summed E-state index contributed by atoms with van der Waals surface area (Å²) in [6.45, 7) is 28.2. The van der Waals surface area contributed by atoms with Crippen molar-refractivity contribution in [1.82, 2.24) is 24.8 Å². The average molecular weight is 1610 g/mol. The van der Waals surface area contributed by atoms with Crippen molar-refractivity contribution in [2.24, 2.45) is 11.8 Å². The van der Waals surface area contributed by atoms with Crippen LogP contribution in [0.5, 0.6) is 17.2 Å². The molecule has 18 heteroatoms. The van der Waals surface area contributed by atoms with E-state index in [4.69, 9.17) is 0 Å². The van der Waals surface area contributed by atoms with Gasteiger partial charge in [0, 0.05) is 104 Å². The Morgan fingerprint density at radius 1 is 0.342 bits per heavy atom. The van der Waals surface area contributed by atoms with Crippen LogP contribution in [0.2, 0.25) is 0 Å². The maximum atomic E-state index is 14.1. The zero-order chi connectivity index (χ0) is 85.9. The third-order valence-electron chi connectivity index (χ3n) is 23.7. The summed E-state index contributed by atoms with van der Waals surface area (Å²) in [5.74, 6) is -5.61. The van der Waals surface area contributed by atoms with Gasteiger partial charge in [-0.15, -0.1) is 0 Å². The molecule has 3 aliphatic rings. The summed E-state index contributed by atoms with van der Waals surface area (Å²) in [7, 11) is 0. The number of amides is 3. The number of fused-ring (bicyclic) bond motifs is 6. The van der Waals surface area contributed by atoms with E-state index in [1.807, 2.05) is 125 Å². The molecule has 11 aromatic rings. The normalized spacial score (nSPS) is 15.2. The van der Waals surface area contributed by atoms with Gasteiger partial charge in [-0.05, 0) is 205 Å². The fourth-order valence-electron chi connectivity index (χ4n) is 16.4. The van der Waals surface area contributed by atoms with Crippen LogP contribution in [0.1, 0.15) is 323 Å². The summed E-state index contributed by atoms with van der Waals surface area (Å²) in [6, 6.07) is 54.7. The van der Waals surface area contributed by atoms with Gasteiger partial charge in [-0.3, -0.25) is 48.1 Å². The number of pyridine rings is 3. The average Bonchev–Trinajstić information content (AvgIpc) is 1.60. The van der Waals surface area contributed by atoms with Gasteiger partial charge in [0.05, 0.1) is 16.6 Å². The van der Waals surface area contributed by atoms with Crippen molar-refractivity contribution in [1.29, 1.82) is 0 Å². The Morgan fingerprint density at radius 3 is 0.942 bits per heavy atom. The van der Waals surface area contributed by atoms with Crippen LogP contribution >= 0.6 is 0 Å². The van der Waals surface area contributed by atoms with Crippen LogP contribution < -0.4 is 4.90 Å². The number of Topliss-reactive ketones (excluding diaryl/α,β-unsaturated/α-hetero) is 6. The summed E-state index contributed by atoms with van der Waals surface area (Å²) in [4.78, 5) is 141. The first kappa shape index (κ1) is 87.1. The van der Waals surface area contributed by atoms with Gasteiger partial charge in [-0.25, -0.2) is 15.0 Å². The topological polar surface area (TPSA) is 263 Å². The Hall–Kier alpha value is -12.2. The third-order valence-corrected chi connectivity index (χ3v) is 23.7. The number of ketones is 6. The van der Waals surface area contributed by atoms with Crippen molar-refractivity contribution >= 4 is 96.5 Å². The monoisotopic (exact) mass is 1610 g/mol. The second-order valence-electron chi connectivity index (χ2n) is 33.1. The molecular formula is C102H110N6O12. The number of carbonyl (C=O) groups excluding carboxylic acids is 9. The molecule has 0 bridgehead atoms. The van der Waals surface area contributed by atoms with Crippen molar-refractivity contribution in [2.45, 2.75) is 196 Å². The third kappa shape index (κ3) is 18.6. The van der Waals surface area contributed by atoms with Crippen molar-refractivity contribution < 1.29 is 58.5 Å². The van der Waals surface area contributed by atoms with Gasteiger partial charge < -0.3 is 25.1 Å². The quantitative estimate of drug-likeness (QED) is 0.0368. The maximum Gasteiger partial charge on any atom is 0.262 e. The molecular weight excluding hydrogens is 1500 g/mol. The van der Waals surface area contributed by atoms with E-state index in [0.29, 0.717) is 94.8 Å². The van der Waals surface area contributed by atoms with Gasteiger partial charge in [0.2, 0.25) is 0 Å². The number of para-hydroxylation sites is 2. The van der Waals surface area contributed by atoms with Crippen molar-refractivity contribution in [3.8, 4) is 17.2 Å². The van der Waals surface area contributed by atoms with Crippen LogP contribution in [0.4, 0.5) is 11.4 Å². The van der Waals surface area contributed by atoms with E-state index in [1.165, 1.54) is 18.2 Å². The second kappa shape index (κ2) is 38.7. The number of hydrogen-bond donors (Lipinski definition) is 3. The SMILES string of the molecule is CC(C)c1ccc2nc(C3C(=O)c4ccc(C(=O)N(c5ccccc5)c5ccccc5)cc4C3=O)c(O)cc2c1.CCCCC(CC)CN(CC(CC)CCCC)C(=O)c1ccc2c(c1)C(=O)C(c1nc3ccc(C(C)C)cc3cc1O)C2=O.CCCCN(CCCC)C(=O)c1ccc2c(c1)C(=O)C(c1nc3ccc(C(C)C)cc3cc1O)C2=O. The summed E-state index contributed by atoms with van der Waals surface area (Å²) >= 11 is 0. The first-order valence-corrected chi connectivity index (χ1v) is 42.8. The molecule has 14 rings (SSSR count). The van der Waals surface area contributed by atoms with Crippen molar-refractivity contribution in [3.05, 3.63) is 272 Å². The van der Waals surface area contributed by atoms with Crippen LogP contribution in [-0.2, 0) is 0 Å². The molecule has 3 aliphatic carbocycles. The molecule has 18 nitrogen and oxygen atoms in total. The molecule has 8 aromatic carbocycles. The van der Waals surface area contributed by atoms with Gasteiger partial charge in [0.25, 0.3) is 17.7 Å². The van der Waals surface area contributed by atoms with Crippen molar-refractivity contribution in [3.63, 3.8) is 0 Å². The van der Waals surface area contributed by atoms with Crippen LogP contribution in [0.25, 0.3) is 32.7 Å². The molecule has 0 fully saturated rings. The van der Waals surface area contributed by atoms with Gasteiger partial charge in [0.15, 0.2) is 34.7 Å². The number of benzene rings is 8. The molecule has 0 saturated carbocycles. The molecule has 5 unspecified atom stereocenters. The summed E-state index contributed by atoms with van der Waals surface area (Å²) in [5, 5.41) is 34.8. The fraction of sp³-hybridized carbons (Fsp3) is 0.353. The lowest BCUT2D eigenvalue weighted by atomic mass is 9.95. The number of anilines is 2. The highest BCUT2D eigenvalue weighted by Crippen LogP contribution is 2.44. The van der Waals surface area contributed by atoms with Gasteiger partial charge in [-0.1, -0.05) is 189 Å². The first-order valence-electron chi connectivity index (χ1n) is 42.8. The molecule has 3 heterocycles. The lowest BCUT2D eigenvalue weighted by molar-refractivity contribution is 0.0683. The Labute approximate surface area is 703 Å². The number of rotatable bonds is 29. The molecule has 3 N–H and O–H groups in total. The van der Waals surface area contributed by atoms with E-state index in [0.717, 1.165) is 110 Å². The van der Waals surface area contributed by atoms with Gasteiger partial charge in [0.1, 0.15) is 52.1 Å². The standard InChI is InChI=1S/C38H50N2O4.C34H26N2O4.C30H34N2O4/c1-7-11-13-25(9-3)22-40(23-26(10-4)14-12-8-2)38(44)28-15-17-30-31(20-28)37(43)34(36(30)42)35-33(41)21-29-19-27(24(5)6)16-18-32(29)39-35;1-20(2)21-14-16-28-23(17-21)19-29(37)31(35-28)30-32(38)26-15-13-22(18-27(26)33(30)39)34(40)36(24-9-5-3-6-10-24)25-11-7-4-8-12-25;1-5-7-13-32(14-8-6-2)30(36)20-9-11-22-23(16-20)29(35)26(28(22)34)27-25(33)17-21-15-19(18(3)4)10-12-24(21)31-27/h15-21,24-26,34,41H,7-14,22-23H2,1-6H3;3-20,30,37H,1-2H3;9-12,15-18,26,33H,5-8,13-14H2,1-4H3. The molecule has 120 heavy (non-hydrogen) atoms. The number of carbonyl (C=O) groups is 9. The number of aromatic nitrogens is 3. The molecule has 0 radical (unpaired) electrons. The molecule has 5 atom stereocenters. The minimum atomic E-state index is -1.27. The molecule has 0 saturated heterocycles. The van der Waals surface area contributed by atoms with E-state index < -0.39 is 52.5 Å². The molecule has 620 valence electrons. The van der Waals surface area contributed by atoms with E-state index >= 15 is 0 Å². The predicted octanol–water partition coefficient (Wildman–Crippen LogP) is 22.6. The highest BCUT2D eigenvalue weighted by molar-refractivity contribution is 6.32. The van der Waals surface area contributed by atoms with Crippen LogP contribution in [-0.4, -0.2) is 119 Å². The summed E-state index contributed by atoms with van der Waals surface area (Å²) in [5.41, 5.74) is 9.12. The lowest BCUT2D eigenvalue weighted by Gasteiger charge is -2.31. The number of aromatic hydroxyl groups is 3. The Balaban J connectivity index is 0.000000166. The van der Waals surface area contributed by atoms with Crippen LogP contribution in [0, 0.1) is 11.8 Å². The summed E-state index contributed by atoms with van der Waals surface area (Å²) in [6.07, 6.45) is 12.5. The highest BCUT2D eigenvalue weighted by Gasteiger charge is 2.46. The van der Waals surface area contributed by atoms with Gasteiger partial charge in [-0.2, -0.15) is 0 Å². The molecule has 0 spiro atoms. The summed E-state index contributed by atoms with van der Waals surface area (Å²) < 4.78 is 0. The minimum Gasteiger partial charge on any atom is -0.506 e. The second-order valence-corrected chi connectivity index (χ2v) is 33.1. The first-order chi connectivity index (χ1) is 57.7. The maximum absolute atomic E-state index is 14.1. The van der Waals surface area contributed by atoms with Crippen LogP contribution in [0.15, 0.2) is 188 Å². The number of unbranched alkanes of at least 4 members (excludes halogenated alkanes) is 4. The molecule has 3 amide bonds. The Kier molecular flexibility index (Phi) is 28.1. The lowest BCUT2D eigenvalue weighted by Crippen LogP contribution is -2.39. The predicted molar refractivity (Wildman–Crippen MR) is 474 cm³/mol. The minimum absolute atomic E-state index is 0.0269. The fourth-order valence-corrected chi connectivity index (χ4v) is 16.4. The van der Waals surface area contributed by atoms with Crippen molar-refractivity contribution in [2.75, 3.05) is 31.1 Å². The highest BCUT2D eigenvalue weighted by atomic mass is 16.3. The largest absolute Gasteiger partial charge is 0.506 e. The zero-order valence-corrected chi connectivity index (χ0v) is 71.0.